The minimum absolute atomic E-state index is 0.607. The van der Waals surface area contributed by atoms with Crippen LogP contribution in [0.1, 0.15) is 146 Å². The van der Waals surface area contributed by atoms with E-state index in [0.717, 1.165) is 48.8 Å². The summed E-state index contributed by atoms with van der Waals surface area (Å²) < 4.78 is 52.5. The maximum Gasteiger partial charge on any atom is 0.419 e. The van der Waals surface area contributed by atoms with Crippen molar-refractivity contribution in [2.75, 3.05) is 0 Å². The van der Waals surface area contributed by atoms with Crippen LogP contribution in [0.15, 0.2) is 24.3 Å². The summed E-state index contributed by atoms with van der Waals surface area (Å²) in [6, 6.07) is 3.38. The van der Waals surface area contributed by atoms with E-state index in [-0.39, 0.29) is 0 Å². The Labute approximate surface area is 223 Å². The van der Waals surface area contributed by atoms with Crippen LogP contribution in [-0.4, -0.2) is 0 Å². The molecule has 2 aliphatic rings. The molecule has 0 spiro atoms. The lowest BCUT2D eigenvalue weighted by molar-refractivity contribution is -0.140. The first-order valence-corrected chi connectivity index (χ1v) is 15.4. The molecule has 4 heteroatoms. The van der Waals surface area contributed by atoms with Gasteiger partial charge in [-0.05, 0) is 73.1 Å². The second-order valence-corrected chi connectivity index (χ2v) is 11.9. The van der Waals surface area contributed by atoms with Crippen molar-refractivity contribution in [3.8, 4) is 0 Å². The molecule has 1 fully saturated rings. The van der Waals surface area contributed by atoms with Crippen LogP contribution in [0.2, 0.25) is 0 Å². The van der Waals surface area contributed by atoms with E-state index in [0.29, 0.717) is 11.5 Å². The molecule has 1 saturated carbocycles. The molecule has 0 aliphatic heterocycles. The van der Waals surface area contributed by atoms with Gasteiger partial charge in [-0.1, -0.05) is 115 Å². The van der Waals surface area contributed by atoms with Gasteiger partial charge in [0.05, 0.1) is 5.56 Å². The summed E-state index contributed by atoms with van der Waals surface area (Å²) >= 11 is 0. The monoisotopic (exact) mass is 522 g/mol. The minimum Gasteiger partial charge on any atom is -0.206 e. The van der Waals surface area contributed by atoms with Gasteiger partial charge in [-0.3, -0.25) is 0 Å². The molecule has 1 atom stereocenters. The summed E-state index contributed by atoms with van der Waals surface area (Å²) in [7, 11) is 0. The molecule has 37 heavy (non-hydrogen) atoms. The number of halogens is 4. The Morgan fingerprint density at radius 2 is 1.32 bits per heavy atom. The third-order valence-corrected chi connectivity index (χ3v) is 9.12. The molecule has 0 heterocycles. The highest BCUT2D eigenvalue weighted by atomic mass is 19.4. The van der Waals surface area contributed by atoms with Gasteiger partial charge >= 0.3 is 6.18 Å². The number of hydrogen-bond acceptors (Lipinski definition) is 0. The van der Waals surface area contributed by atoms with Crippen molar-refractivity contribution in [2.24, 2.45) is 17.8 Å². The van der Waals surface area contributed by atoms with Crippen LogP contribution in [0, 0.1) is 23.6 Å². The first kappa shape index (κ1) is 30.2. The van der Waals surface area contributed by atoms with Crippen molar-refractivity contribution < 1.29 is 17.6 Å². The summed E-state index contributed by atoms with van der Waals surface area (Å²) in [4.78, 5) is 0. The molecule has 0 nitrogen and oxygen atoms in total. The lowest BCUT2D eigenvalue weighted by Crippen LogP contribution is -2.23. The first-order valence-electron chi connectivity index (χ1n) is 15.4. The van der Waals surface area contributed by atoms with E-state index in [4.69, 9.17) is 0 Å². The third-order valence-electron chi connectivity index (χ3n) is 9.12. The number of alkyl halides is 3. The second kappa shape index (κ2) is 15.9. The van der Waals surface area contributed by atoms with Gasteiger partial charge in [0.1, 0.15) is 5.82 Å². The fourth-order valence-electron chi connectivity index (χ4n) is 6.71. The van der Waals surface area contributed by atoms with Gasteiger partial charge < -0.3 is 0 Å². The van der Waals surface area contributed by atoms with Crippen molar-refractivity contribution in [1.82, 2.24) is 0 Å². The van der Waals surface area contributed by atoms with Crippen LogP contribution in [0.25, 0.3) is 5.57 Å². The van der Waals surface area contributed by atoms with E-state index >= 15 is 0 Å². The van der Waals surface area contributed by atoms with E-state index in [1.807, 2.05) is 0 Å². The van der Waals surface area contributed by atoms with Gasteiger partial charge in [-0.2, -0.15) is 13.2 Å². The molecule has 3 rings (SSSR count). The molecule has 1 aromatic rings. The quantitative estimate of drug-likeness (QED) is 0.159. The van der Waals surface area contributed by atoms with E-state index < -0.39 is 17.6 Å². The Hall–Kier alpha value is -1.32. The standard InChI is InChI=1S/C33H50F4/c1-2-3-4-5-6-7-8-9-10-11-12-13-14-26-15-17-27(18-16-26)28-19-21-29(22-20-28)30-23-24-31(32(34)25-30)33(35,36)37/h21,23-28H,2-20,22H2,1H3. The average molecular weight is 523 g/mol. The highest BCUT2D eigenvalue weighted by Crippen LogP contribution is 2.42. The summed E-state index contributed by atoms with van der Waals surface area (Å²) in [5.41, 5.74) is 0.436. The summed E-state index contributed by atoms with van der Waals surface area (Å²) in [5, 5.41) is 0. The number of rotatable bonds is 15. The number of unbranched alkanes of at least 4 members (excludes halogenated alkanes) is 11. The van der Waals surface area contributed by atoms with Crippen molar-refractivity contribution in [3.05, 3.63) is 41.2 Å². The summed E-state index contributed by atoms with van der Waals surface area (Å²) in [6.45, 7) is 2.28. The Bertz CT molecular complexity index is 801. The maximum atomic E-state index is 14.0. The Kier molecular flexibility index (Phi) is 13.0. The minimum atomic E-state index is -4.64. The summed E-state index contributed by atoms with van der Waals surface area (Å²) in [6.07, 6.45) is 24.1. The summed E-state index contributed by atoms with van der Waals surface area (Å²) in [5.74, 6) is 1.19. The van der Waals surface area contributed by atoms with E-state index in [2.05, 4.69) is 13.0 Å². The molecule has 0 N–H and O–H groups in total. The number of hydrogen-bond donors (Lipinski definition) is 0. The van der Waals surface area contributed by atoms with Crippen molar-refractivity contribution in [3.63, 3.8) is 0 Å². The highest BCUT2D eigenvalue weighted by Gasteiger charge is 2.34. The zero-order valence-corrected chi connectivity index (χ0v) is 23.2. The lowest BCUT2D eigenvalue weighted by atomic mass is 9.70. The number of benzene rings is 1. The van der Waals surface area contributed by atoms with Crippen LogP contribution >= 0.6 is 0 Å². The van der Waals surface area contributed by atoms with Crippen molar-refractivity contribution >= 4 is 5.57 Å². The van der Waals surface area contributed by atoms with Crippen molar-refractivity contribution in [1.29, 1.82) is 0 Å². The molecule has 1 aromatic carbocycles. The topological polar surface area (TPSA) is 0 Å². The lowest BCUT2D eigenvalue weighted by Gasteiger charge is -2.35. The fourth-order valence-corrected chi connectivity index (χ4v) is 6.71. The molecule has 210 valence electrons. The average Bonchev–Trinajstić information content (AvgIpc) is 2.89. The molecule has 0 aromatic heterocycles. The molecule has 0 radical (unpaired) electrons. The highest BCUT2D eigenvalue weighted by molar-refractivity contribution is 5.66. The zero-order chi connectivity index (χ0) is 26.5. The van der Waals surface area contributed by atoms with Gasteiger partial charge in [0.2, 0.25) is 0 Å². The largest absolute Gasteiger partial charge is 0.419 e. The van der Waals surface area contributed by atoms with Crippen LogP contribution in [0.4, 0.5) is 17.6 Å². The molecule has 1 unspecified atom stereocenters. The first-order chi connectivity index (χ1) is 17.9. The molecule has 0 amide bonds. The SMILES string of the molecule is CCCCCCCCCCCCCCC1CCC(C2CC=C(c3ccc(C(F)(F)F)c(F)c3)CC2)CC1. The van der Waals surface area contributed by atoms with Crippen LogP contribution in [-0.2, 0) is 6.18 Å². The third kappa shape index (κ3) is 10.4. The van der Waals surface area contributed by atoms with Crippen LogP contribution < -0.4 is 0 Å². The predicted molar refractivity (Wildman–Crippen MR) is 148 cm³/mol. The van der Waals surface area contributed by atoms with Gasteiger partial charge in [0.25, 0.3) is 0 Å². The van der Waals surface area contributed by atoms with Gasteiger partial charge in [-0.15, -0.1) is 0 Å². The maximum absolute atomic E-state index is 14.0. The smallest absolute Gasteiger partial charge is 0.206 e. The predicted octanol–water partition coefficient (Wildman–Crippen LogP) is 11.9. The van der Waals surface area contributed by atoms with Crippen molar-refractivity contribution in [2.45, 2.75) is 142 Å². The fraction of sp³-hybridized carbons (Fsp3) is 0.758. The van der Waals surface area contributed by atoms with E-state index in [9.17, 15) is 17.6 Å². The van der Waals surface area contributed by atoms with Gasteiger partial charge in [0.15, 0.2) is 0 Å². The second-order valence-electron chi connectivity index (χ2n) is 11.9. The molecule has 0 saturated heterocycles. The number of allylic oxidation sites excluding steroid dienone is 2. The van der Waals surface area contributed by atoms with Gasteiger partial charge in [0, 0.05) is 0 Å². The Morgan fingerprint density at radius 3 is 1.84 bits per heavy atom. The Morgan fingerprint density at radius 1 is 0.730 bits per heavy atom. The van der Waals surface area contributed by atoms with E-state index in [1.54, 1.807) is 0 Å². The van der Waals surface area contributed by atoms with E-state index in [1.165, 1.54) is 115 Å². The molecule has 0 bridgehead atoms. The molecular formula is C33H50F4. The normalized spacial score (nSPS) is 22.7. The van der Waals surface area contributed by atoms with Crippen LogP contribution in [0.3, 0.4) is 0 Å². The zero-order valence-electron chi connectivity index (χ0n) is 23.2. The van der Waals surface area contributed by atoms with Gasteiger partial charge in [-0.25, -0.2) is 4.39 Å². The van der Waals surface area contributed by atoms with Crippen LogP contribution in [0.5, 0.6) is 0 Å². The Balaban J connectivity index is 1.25. The molecular weight excluding hydrogens is 472 g/mol. The molecule has 2 aliphatic carbocycles.